The monoisotopic (exact) mass is 494 g/mol. The van der Waals surface area contributed by atoms with Crippen LogP contribution in [0, 0.1) is 0 Å². The number of fused-ring (bicyclic) bond motifs is 5. The summed E-state index contributed by atoms with van der Waals surface area (Å²) in [6.07, 6.45) is 0. The summed E-state index contributed by atoms with van der Waals surface area (Å²) in [7, 11) is 3.20. The number of benzene rings is 3. The largest absolute Gasteiger partial charge is 0.504 e. The van der Waals surface area contributed by atoms with Crippen LogP contribution in [0.4, 0.5) is 5.69 Å². The van der Waals surface area contributed by atoms with E-state index in [1.807, 2.05) is 67.6 Å². The zero-order chi connectivity index (χ0) is 25.8. The van der Waals surface area contributed by atoms with Crippen molar-refractivity contribution in [2.75, 3.05) is 11.9 Å². The van der Waals surface area contributed by atoms with Gasteiger partial charge in [-0.2, -0.15) is 0 Å². The van der Waals surface area contributed by atoms with E-state index in [1.54, 1.807) is 23.7 Å². The molecule has 1 aliphatic rings. The molecule has 0 amide bonds. The van der Waals surface area contributed by atoms with Gasteiger partial charge in [-0.3, -0.25) is 13.9 Å². The number of phenols is 1. The summed E-state index contributed by atoms with van der Waals surface area (Å²) in [6.45, 7) is 2.26. The fourth-order valence-electron chi connectivity index (χ4n) is 5.32. The van der Waals surface area contributed by atoms with Gasteiger partial charge >= 0.3 is 5.69 Å². The molecule has 1 aliphatic heterocycles. The number of ether oxygens (including phenoxy) is 1. The number of rotatable bonds is 4. The van der Waals surface area contributed by atoms with E-state index < -0.39 is 11.7 Å². The Bertz CT molecular complexity index is 1800. The second-order valence-electron chi connectivity index (χ2n) is 9.12. The van der Waals surface area contributed by atoms with Crippen molar-refractivity contribution in [2.45, 2.75) is 13.0 Å². The van der Waals surface area contributed by atoms with Crippen LogP contribution >= 0.6 is 0 Å². The summed E-state index contributed by atoms with van der Waals surface area (Å²) in [5.74, 6) is 0.421. The van der Waals surface area contributed by atoms with Crippen LogP contribution in [-0.2, 0) is 14.1 Å². The Morgan fingerprint density at radius 2 is 1.68 bits per heavy atom. The molecule has 186 valence electrons. The number of aromatic hydroxyl groups is 1. The lowest BCUT2D eigenvalue weighted by Crippen LogP contribution is -2.37. The maximum atomic E-state index is 13.7. The molecule has 5 aromatic rings. The number of hydrogen-bond donors (Lipinski definition) is 2. The molecule has 0 fully saturated rings. The third-order valence-electron chi connectivity index (χ3n) is 6.99. The van der Waals surface area contributed by atoms with Gasteiger partial charge in [0.15, 0.2) is 11.5 Å². The topological polar surface area (TPSA) is 90.4 Å². The Hall–Kier alpha value is -4.72. The highest BCUT2D eigenvalue weighted by Gasteiger charge is 2.35. The molecule has 8 nitrogen and oxygen atoms in total. The number of phenolic OH excluding ortho intramolecular Hbond substituents is 1. The van der Waals surface area contributed by atoms with Gasteiger partial charge in [0.1, 0.15) is 0 Å². The second kappa shape index (κ2) is 8.44. The van der Waals surface area contributed by atoms with Crippen LogP contribution in [0.1, 0.15) is 24.2 Å². The number of nitrogens with one attached hydrogen (secondary N) is 1. The van der Waals surface area contributed by atoms with E-state index in [9.17, 15) is 14.7 Å². The second-order valence-corrected chi connectivity index (χ2v) is 9.12. The van der Waals surface area contributed by atoms with E-state index in [2.05, 4.69) is 9.88 Å². The van der Waals surface area contributed by atoms with Crippen molar-refractivity contribution < 1.29 is 9.84 Å². The van der Waals surface area contributed by atoms with E-state index in [0.29, 0.717) is 23.3 Å². The molecule has 3 aromatic carbocycles. The molecule has 1 atom stereocenters. The van der Waals surface area contributed by atoms with Crippen molar-refractivity contribution in [2.24, 2.45) is 14.1 Å². The average molecular weight is 495 g/mol. The minimum absolute atomic E-state index is 0.0493. The maximum absolute atomic E-state index is 13.7. The minimum atomic E-state index is -0.438. The molecular weight excluding hydrogens is 468 g/mol. The van der Waals surface area contributed by atoms with Crippen LogP contribution < -0.4 is 21.3 Å². The molecule has 2 aromatic heterocycles. The summed E-state index contributed by atoms with van der Waals surface area (Å²) in [5.41, 5.74) is 4.74. The lowest BCUT2D eigenvalue weighted by Gasteiger charge is -2.31. The van der Waals surface area contributed by atoms with E-state index in [-0.39, 0.29) is 11.3 Å². The molecule has 0 radical (unpaired) electrons. The number of nitrogens with zero attached hydrogens (tertiary/aromatic N) is 3. The number of hydrogen-bond acceptors (Lipinski definition) is 5. The minimum Gasteiger partial charge on any atom is -0.504 e. The Morgan fingerprint density at radius 3 is 2.43 bits per heavy atom. The molecule has 0 bridgehead atoms. The first-order valence-electron chi connectivity index (χ1n) is 12.1. The first kappa shape index (κ1) is 22.7. The van der Waals surface area contributed by atoms with Crippen molar-refractivity contribution in [1.82, 2.24) is 13.7 Å². The molecule has 6 rings (SSSR count). The van der Waals surface area contributed by atoms with Crippen LogP contribution in [0.2, 0.25) is 0 Å². The fraction of sp³-hybridized carbons (Fsp3) is 0.172. The Kier molecular flexibility index (Phi) is 5.19. The van der Waals surface area contributed by atoms with Gasteiger partial charge in [-0.05, 0) is 42.3 Å². The van der Waals surface area contributed by atoms with Crippen molar-refractivity contribution in [1.29, 1.82) is 0 Å². The standard InChI is InChI=1S/C29H26N4O4/c1-4-37-22-16-18(14-15-21(22)34)24-27-26-23(28(35)32(3)29(36)31(26)2)25(17-10-6-5-7-11-17)33(27)20-13-9-8-12-19(20)30-24/h5-16,24,30,34H,4H2,1-3H3/t24-/m0/s1. The van der Waals surface area contributed by atoms with E-state index >= 15 is 0 Å². The van der Waals surface area contributed by atoms with Crippen LogP contribution in [0.25, 0.3) is 27.8 Å². The maximum Gasteiger partial charge on any atom is 0.331 e. The van der Waals surface area contributed by atoms with E-state index in [0.717, 1.165) is 38.5 Å². The molecule has 0 unspecified atom stereocenters. The van der Waals surface area contributed by atoms with Gasteiger partial charge in [-0.25, -0.2) is 4.79 Å². The summed E-state index contributed by atoms with van der Waals surface area (Å²) in [6, 6.07) is 22.4. The van der Waals surface area contributed by atoms with Crippen LogP contribution in [0.5, 0.6) is 11.5 Å². The number of anilines is 1. The zero-order valence-corrected chi connectivity index (χ0v) is 20.7. The van der Waals surface area contributed by atoms with Crippen molar-refractivity contribution >= 4 is 16.6 Å². The number of para-hydroxylation sites is 2. The molecule has 8 heteroatoms. The zero-order valence-electron chi connectivity index (χ0n) is 20.7. The van der Waals surface area contributed by atoms with Gasteiger partial charge in [-0.15, -0.1) is 0 Å². The van der Waals surface area contributed by atoms with Gasteiger partial charge in [0, 0.05) is 14.1 Å². The highest BCUT2D eigenvalue weighted by molar-refractivity contribution is 5.99. The molecule has 0 saturated carbocycles. The number of aromatic nitrogens is 3. The van der Waals surface area contributed by atoms with Gasteiger partial charge in [0.05, 0.1) is 46.3 Å². The van der Waals surface area contributed by atoms with Gasteiger partial charge < -0.3 is 19.7 Å². The van der Waals surface area contributed by atoms with Crippen molar-refractivity contribution in [3.63, 3.8) is 0 Å². The first-order chi connectivity index (χ1) is 17.9. The van der Waals surface area contributed by atoms with Crippen molar-refractivity contribution in [3.05, 3.63) is 105 Å². The number of aryl methyl sites for hydroxylation is 1. The predicted molar refractivity (Wildman–Crippen MR) is 144 cm³/mol. The lowest BCUT2D eigenvalue weighted by atomic mass is 9.99. The van der Waals surface area contributed by atoms with Crippen LogP contribution in [0.15, 0.2) is 82.4 Å². The van der Waals surface area contributed by atoms with E-state index in [4.69, 9.17) is 4.74 Å². The smallest absolute Gasteiger partial charge is 0.331 e. The Morgan fingerprint density at radius 1 is 0.946 bits per heavy atom. The highest BCUT2D eigenvalue weighted by atomic mass is 16.5. The van der Waals surface area contributed by atoms with Crippen LogP contribution in [-0.4, -0.2) is 25.4 Å². The predicted octanol–water partition coefficient (Wildman–Crippen LogP) is 4.31. The Balaban J connectivity index is 1.81. The molecule has 0 saturated heterocycles. The average Bonchev–Trinajstić information content (AvgIpc) is 3.29. The van der Waals surface area contributed by atoms with Gasteiger partial charge in [0.2, 0.25) is 0 Å². The van der Waals surface area contributed by atoms with E-state index in [1.165, 1.54) is 7.05 Å². The highest BCUT2D eigenvalue weighted by Crippen LogP contribution is 2.46. The molecule has 3 heterocycles. The summed E-state index contributed by atoms with van der Waals surface area (Å²) < 4.78 is 10.5. The summed E-state index contributed by atoms with van der Waals surface area (Å²) in [5, 5.41) is 14.4. The third-order valence-corrected chi connectivity index (χ3v) is 6.99. The van der Waals surface area contributed by atoms with Crippen LogP contribution in [0.3, 0.4) is 0 Å². The summed E-state index contributed by atoms with van der Waals surface area (Å²) >= 11 is 0. The van der Waals surface area contributed by atoms with Crippen molar-refractivity contribution in [3.8, 4) is 28.4 Å². The molecule has 0 aliphatic carbocycles. The van der Waals surface area contributed by atoms with Gasteiger partial charge in [-0.1, -0.05) is 48.5 Å². The lowest BCUT2D eigenvalue weighted by molar-refractivity contribution is 0.317. The molecule has 37 heavy (non-hydrogen) atoms. The summed E-state index contributed by atoms with van der Waals surface area (Å²) in [4.78, 5) is 26.9. The quantitative estimate of drug-likeness (QED) is 0.389. The third kappa shape index (κ3) is 3.29. The fourth-order valence-corrected chi connectivity index (χ4v) is 5.32. The normalized spacial score (nSPS) is 14.2. The SMILES string of the molecule is CCOc1cc([C@@H]2Nc3ccccc3-n3c(-c4ccccc4)c4c(=O)n(C)c(=O)n(C)c4c32)ccc1O. The van der Waals surface area contributed by atoms with Gasteiger partial charge in [0.25, 0.3) is 5.56 Å². The molecule has 0 spiro atoms. The molecular formula is C29H26N4O4. The first-order valence-corrected chi connectivity index (χ1v) is 12.1. The molecule has 2 N–H and O–H groups in total. The Labute approximate surface area is 212 Å².